The van der Waals surface area contributed by atoms with Crippen LogP contribution < -0.4 is 0 Å². The van der Waals surface area contributed by atoms with Gasteiger partial charge in [0, 0.05) is 10.8 Å². The van der Waals surface area contributed by atoms with Crippen LogP contribution in [-0.2, 0) is 6.54 Å². The van der Waals surface area contributed by atoms with Gasteiger partial charge in [-0.2, -0.15) is 0 Å². The molecular formula is C14H12N2O2S. The average Bonchev–Trinajstić information content (AvgIpc) is 2.98. The van der Waals surface area contributed by atoms with E-state index in [0.717, 1.165) is 22.2 Å². The molecule has 5 heteroatoms. The number of aryl methyl sites for hydroxylation is 1. The average molecular weight is 272 g/mol. The summed E-state index contributed by atoms with van der Waals surface area (Å²) in [6.07, 6.45) is 0. The van der Waals surface area contributed by atoms with E-state index in [0.29, 0.717) is 12.2 Å². The number of hydrogen-bond donors (Lipinski definition) is 1. The molecule has 0 aliphatic carbocycles. The lowest BCUT2D eigenvalue weighted by molar-refractivity contribution is 0.0686. The number of aromatic carboxylic acids is 1. The number of aromatic nitrogens is 2. The number of fused-ring (bicyclic) bond motifs is 1. The Labute approximate surface area is 113 Å². The first kappa shape index (κ1) is 11.9. The number of carbonyl (C=O) groups is 1. The number of thiazole rings is 1. The van der Waals surface area contributed by atoms with E-state index in [9.17, 15) is 9.90 Å². The molecule has 0 spiro atoms. The van der Waals surface area contributed by atoms with E-state index in [4.69, 9.17) is 0 Å². The summed E-state index contributed by atoms with van der Waals surface area (Å²) >= 11 is 1.51. The molecule has 0 unspecified atom stereocenters. The van der Waals surface area contributed by atoms with E-state index in [1.165, 1.54) is 11.3 Å². The molecule has 96 valence electrons. The van der Waals surface area contributed by atoms with Gasteiger partial charge in [0.1, 0.15) is 5.69 Å². The molecule has 0 aliphatic heterocycles. The zero-order valence-electron chi connectivity index (χ0n) is 10.3. The summed E-state index contributed by atoms with van der Waals surface area (Å²) < 4.78 is 1.82. The van der Waals surface area contributed by atoms with Crippen molar-refractivity contribution in [3.63, 3.8) is 0 Å². The Morgan fingerprint density at radius 1 is 1.47 bits per heavy atom. The second-order valence-corrected chi connectivity index (χ2v) is 5.13. The molecule has 3 rings (SSSR count). The van der Waals surface area contributed by atoms with Crippen LogP contribution in [0.4, 0.5) is 0 Å². The van der Waals surface area contributed by atoms with Crippen molar-refractivity contribution in [2.45, 2.75) is 13.5 Å². The molecule has 0 radical (unpaired) electrons. The van der Waals surface area contributed by atoms with E-state index in [-0.39, 0.29) is 0 Å². The SMILES string of the molecule is Cc1cccc2cc(C(=O)O)n(Cc3cscn3)c12. The highest BCUT2D eigenvalue weighted by Crippen LogP contribution is 2.24. The van der Waals surface area contributed by atoms with Crippen molar-refractivity contribution in [3.8, 4) is 0 Å². The summed E-state index contributed by atoms with van der Waals surface area (Å²) in [4.78, 5) is 15.6. The van der Waals surface area contributed by atoms with Crippen molar-refractivity contribution in [3.05, 3.63) is 52.1 Å². The first-order valence-electron chi connectivity index (χ1n) is 5.86. The van der Waals surface area contributed by atoms with Crippen molar-refractivity contribution in [1.29, 1.82) is 0 Å². The first-order valence-corrected chi connectivity index (χ1v) is 6.80. The largest absolute Gasteiger partial charge is 0.477 e. The van der Waals surface area contributed by atoms with Crippen molar-refractivity contribution in [1.82, 2.24) is 9.55 Å². The van der Waals surface area contributed by atoms with Gasteiger partial charge in [-0.15, -0.1) is 11.3 Å². The molecule has 0 amide bonds. The highest BCUT2D eigenvalue weighted by atomic mass is 32.1. The summed E-state index contributed by atoms with van der Waals surface area (Å²) in [6, 6.07) is 7.59. The van der Waals surface area contributed by atoms with Crippen LogP contribution >= 0.6 is 11.3 Å². The molecule has 1 aromatic carbocycles. The van der Waals surface area contributed by atoms with Crippen molar-refractivity contribution in [2.75, 3.05) is 0 Å². The minimum absolute atomic E-state index is 0.303. The molecule has 0 aliphatic rings. The summed E-state index contributed by atoms with van der Waals surface area (Å²) in [5, 5.41) is 12.2. The topological polar surface area (TPSA) is 55.1 Å². The van der Waals surface area contributed by atoms with Gasteiger partial charge in [-0.25, -0.2) is 9.78 Å². The maximum atomic E-state index is 11.4. The third-order valence-corrected chi connectivity index (χ3v) is 3.78. The quantitative estimate of drug-likeness (QED) is 0.796. The minimum Gasteiger partial charge on any atom is -0.477 e. The fourth-order valence-electron chi connectivity index (χ4n) is 2.33. The van der Waals surface area contributed by atoms with Gasteiger partial charge >= 0.3 is 5.97 Å². The fraction of sp³-hybridized carbons (Fsp3) is 0.143. The highest BCUT2D eigenvalue weighted by molar-refractivity contribution is 7.07. The smallest absolute Gasteiger partial charge is 0.352 e. The van der Waals surface area contributed by atoms with E-state index in [1.807, 2.05) is 35.1 Å². The summed E-state index contributed by atoms with van der Waals surface area (Å²) in [5.41, 5.74) is 4.98. The van der Waals surface area contributed by atoms with Gasteiger partial charge < -0.3 is 9.67 Å². The number of para-hydroxylation sites is 1. The second kappa shape index (κ2) is 4.51. The molecule has 1 N–H and O–H groups in total. The second-order valence-electron chi connectivity index (χ2n) is 4.41. The summed E-state index contributed by atoms with van der Waals surface area (Å²) in [5.74, 6) is -0.911. The number of carboxylic acid groups (broad SMARTS) is 1. The van der Waals surface area contributed by atoms with Gasteiger partial charge in [0.25, 0.3) is 0 Å². The van der Waals surface area contributed by atoms with Crippen LogP contribution in [0, 0.1) is 6.92 Å². The van der Waals surface area contributed by atoms with Crippen molar-refractivity contribution >= 4 is 28.2 Å². The Kier molecular flexibility index (Phi) is 2.83. The Balaban J connectivity index is 2.24. The molecule has 4 nitrogen and oxygen atoms in total. The number of carboxylic acids is 1. The van der Waals surface area contributed by atoms with Crippen LogP contribution in [-0.4, -0.2) is 20.6 Å². The van der Waals surface area contributed by atoms with E-state index in [1.54, 1.807) is 11.6 Å². The predicted molar refractivity (Wildman–Crippen MR) is 74.9 cm³/mol. The summed E-state index contributed by atoms with van der Waals surface area (Å²) in [6.45, 7) is 2.48. The Morgan fingerprint density at radius 3 is 3.00 bits per heavy atom. The zero-order valence-corrected chi connectivity index (χ0v) is 11.1. The maximum Gasteiger partial charge on any atom is 0.352 e. The lowest BCUT2D eigenvalue weighted by Crippen LogP contribution is -2.10. The van der Waals surface area contributed by atoms with E-state index < -0.39 is 5.97 Å². The lowest BCUT2D eigenvalue weighted by Gasteiger charge is -2.08. The molecule has 0 bridgehead atoms. The molecule has 0 saturated carbocycles. The van der Waals surface area contributed by atoms with Gasteiger partial charge in [0.2, 0.25) is 0 Å². The van der Waals surface area contributed by atoms with Crippen LogP contribution in [0.25, 0.3) is 10.9 Å². The van der Waals surface area contributed by atoms with Crippen LogP contribution in [0.3, 0.4) is 0 Å². The molecule has 19 heavy (non-hydrogen) atoms. The standard InChI is InChI=1S/C14H12N2O2S/c1-9-3-2-4-10-5-12(14(17)18)16(13(9)10)6-11-7-19-8-15-11/h2-5,7-8H,6H2,1H3,(H,17,18). The minimum atomic E-state index is -0.911. The maximum absolute atomic E-state index is 11.4. The molecule has 2 aromatic heterocycles. The molecule has 2 heterocycles. The van der Waals surface area contributed by atoms with E-state index in [2.05, 4.69) is 4.98 Å². The monoisotopic (exact) mass is 272 g/mol. The van der Waals surface area contributed by atoms with Crippen LogP contribution in [0.5, 0.6) is 0 Å². The van der Waals surface area contributed by atoms with Crippen LogP contribution in [0.1, 0.15) is 21.7 Å². The Morgan fingerprint density at radius 2 is 2.32 bits per heavy atom. The molecule has 0 fully saturated rings. The van der Waals surface area contributed by atoms with Crippen LogP contribution in [0.15, 0.2) is 35.2 Å². The molecule has 3 aromatic rings. The normalized spacial score (nSPS) is 11.0. The number of nitrogens with zero attached hydrogens (tertiary/aromatic N) is 2. The van der Waals surface area contributed by atoms with Crippen LogP contribution in [0.2, 0.25) is 0 Å². The summed E-state index contributed by atoms with van der Waals surface area (Å²) in [7, 11) is 0. The third kappa shape index (κ3) is 2.02. The fourth-order valence-corrected chi connectivity index (χ4v) is 2.88. The molecule has 0 saturated heterocycles. The predicted octanol–water partition coefficient (Wildman–Crippen LogP) is 3.15. The van der Waals surface area contributed by atoms with Crippen molar-refractivity contribution < 1.29 is 9.90 Å². The highest BCUT2D eigenvalue weighted by Gasteiger charge is 2.16. The Hall–Kier alpha value is -2.14. The van der Waals surface area contributed by atoms with Crippen molar-refractivity contribution in [2.24, 2.45) is 0 Å². The van der Waals surface area contributed by atoms with Gasteiger partial charge in [0.15, 0.2) is 0 Å². The van der Waals surface area contributed by atoms with E-state index >= 15 is 0 Å². The number of hydrogen-bond acceptors (Lipinski definition) is 3. The third-order valence-electron chi connectivity index (χ3n) is 3.14. The van der Waals surface area contributed by atoms with Gasteiger partial charge in [0.05, 0.1) is 23.3 Å². The van der Waals surface area contributed by atoms with Gasteiger partial charge in [-0.3, -0.25) is 0 Å². The van der Waals surface area contributed by atoms with Gasteiger partial charge in [-0.1, -0.05) is 18.2 Å². The molecule has 0 atom stereocenters. The van der Waals surface area contributed by atoms with Gasteiger partial charge in [-0.05, 0) is 18.6 Å². The first-order chi connectivity index (χ1) is 9.16. The number of benzene rings is 1. The zero-order chi connectivity index (χ0) is 13.4. The number of rotatable bonds is 3. The Bertz CT molecular complexity index is 744. The molecular weight excluding hydrogens is 260 g/mol. The lowest BCUT2D eigenvalue weighted by atomic mass is 10.2.